The largest absolute Gasteiger partial charge is 0.497 e. The summed E-state index contributed by atoms with van der Waals surface area (Å²) in [6.45, 7) is 0.901. The Morgan fingerprint density at radius 1 is 1.00 bits per heavy atom. The zero-order valence-electron chi connectivity index (χ0n) is 20.0. The van der Waals surface area contributed by atoms with Gasteiger partial charge in [0.25, 0.3) is 5.91 Å². The first-order valence-electron chi connectivity index (χ1n) is 11.1. The number of fused-ring (bicyclic) bond motifs is 1. The molecule has 4 rings (SSSR count). The average Bonchev–Trinajstić information content (AvgIpc) is 3.19. The van der Waals surface area contributed by atoms with Crippen molar-refractivity contribution >= 4 is 22.5 Å². The maximum absolute atomic E-state index is 13.3. The second-order valence-electron chi connectivity index (χ2n) is 9.21. The second-order valence-corrected chi connectivity index (χ2v) is 9.21. The smallest absolute Gasteiger partial charge is 0.268 e. The summed E-state index contributed by atoms with van der Waals surface area (Å²) < 4.78 is 8.13. The number of carbonyl (C=O) groups excluding carboxylic acids is 1. The minimum absolute atomic E-state index is 0.151. The van der Waals surface area contributed by atoms with Crippen LogP contribution in [0.15, 0.2) is 72.8 Å². The molecular formula is C28H29N4O2+. The van der Waals surface area contributed by atoms with Gasteiger partial charge in [0.15, 0.2) is 0 Å². The van der Waals surface area contributed by atoms with Gasteiger partial charge in [0.1, 0.15) is 17.1 Å². The Morgan fingerprint density at radius 2 is 1.76 bits per heavy atom. The Hall–Kier alpha value is -4.08. The maximum atomic E-state index is 13.3. The average molecular weight is 454 g/mol. The summed E-state index contributed by atoms with van der Waals surface area (Å²) >= 11 is 0. The van der Waals surface area contributed by atoms with Gasteiger partial charge in [-0.2, -0.15) is 5.26 Å². The van der Waals surface area contributed by atoms with Crippen LogP contribution in [0.5, 0.6) is 5.75 Å². The molecule has 0 unspecified atom stereocenters. The molecule has 0 saturated carbocycles. The van der Waals surface area contributed by atoms with Crippen LogP contribution in [-0.4, -0.2) is 38.7 Å². The third-order valence-corrected chi connectivity index (χ3v) is 5.90. The predicted octanol–water partition coefficient (Wildman–Crippen LogP) is 4.70. The number of benzene rings is 3. The standard InChI is InChI=1S/C28H28N4O2/c1-32(2,3)24-11-8-20(9-12-24)18-30-28(33)27-15-23-10-13-25(34-4)16-26(23)31(27)19-22-7-5-6-21(14-22)17-29/h5-16H,18-19H2,1-4H3/p+1. The Labute approximate surface area is 200 Å². The number of amides is 1. The third kappa shape index (κ3) is 4.95. The normalized spacial score (nSPS) is 11.3. The molecule has 0 aliphatic heterocycles. The number of nitrogens with one attached hydrogen (secondary N) is 1. The van der Waals surface area contributed by atoms with E-state index < -0.39 is 0 Å². The summed E-state index contributed by atoms with van der Waals surface area (Å²) in [5.41, 5.74) is 5.24. The molecule has 0 bridgehead atoms. The number of hydrogen-bond donors (Lipinski definition) is 1. The zero-order valence-corrected chi connectivity index (χ0v) is 20.0. The second kappa shape index (κ2) is 9.42. The van der Waals surface area contributed by atoms with Crippen molar-refractivity contribution in [3.05, 3.63) is 95.2 Å². The highest BCUT2D eigenvalue weighted by Gasteiger charge is 2.17. The molecule has 1 amide bonds. The Balaban J connectivity index is 1.63. The molecule has 4 aromatic rings. The minimum atomic E-state index is -0.151. The van der Waals surface area contributed by atoms with Gasteiger partial charge in [-0.1, -0.05) is 24.3 Å². The first-order chi connectivity index (χ1) is 16.3. The van der Waals surface area contributed by atoms with E-state index in [0.29, 0.717) is 24.3 Å². The van der Waals surface area contributed by atoms with Crippen LogP contribution in [0, 0.1) is 11.3 Å². The van der Waals surface area contributed by atoms with Crippen LogP contribution in [0.25, 0.3) is 10.9 Å². The highest BCUT2D eigenvalue weighted by atomic mass is 16.5. The SMILES string of the molecule is COc1ccc2cc(C(=O)NCc3ccc([N+](C)(C)C)cc3)n(Cc3cccc(C#N)c3)c2c1. The van der Waals surface area contributed by atoms with E-state index in [1.54, 1.807) is 13.2 Å². The van der Waals surface area contributed by atoms with Crippen molar-refractivity contribution in [2.45, 2.75) is 13.1 Å². The van der Waals surface area contributed by atoms with E-state index in [-0.39, 0.29) is 5.91 Å². The summed E-state index contributed by atoms with van der Waals surface area (Å²) in [5, 5.41) is 13.3. The van der Waals surface area contributed by atoms with Gasteiger partial charge in [0.05, 0.1) is 45.4 Å². The molecule has 0 saturated heterocycles. The highest BCUT2D eigenvalue weighted by molar-refractivity contribution is 5.99. The van der Waals surface area contributed by atoms with Gasteiger partial charge < -0.3 is 14.6 Å². The van der Waals surface area contributed by atoms with Gasteiger partial charge in [-0.25, -0.2) is 0 Å². The number of quaternary nitrogens is 1. The topological polar surface area (TPSA) is 67.0 Å². The number of nitrogens with zero attached hydrogens (tertiary/aromatic N) is 3. The lowest BCUT2D eigenvalue weighted by Crippen LogP contribution is -2.34. The van der Waals surface area contributed by atoms with Crippen molar-refractivity contribution in [3.8, 4) is 11.8 Å². The van der Waals surface area contributed by atoms with Crippen molar-refractivity contribution in [2.24, 2.45) is 0 Å². The molecule has 0 spiro atoms. The lowest BCUT2D eigenvalue weighted by Gasteiger charge is -2.23. The summed E-state index contributed by atoms with van der Waals surface area (Å²) in [5.74, 6) is 0.573. The summed E-state index contributed by atoms with van der Waals surface area (Å²) in [6.07, 6.45) is 0. The molecule has 1 heterocycles. The lowest BCUT2D eigenvalue weighted by molar-refractivity contribution is 0.0942. The molecule has 0 atom stereocenters. The van der Waals surface area contributed by atoms with Crippen LogP contribution in [0.4, 0.5) is 5.69 Å². The molecule has 6 heteroatoms. The van der Waals surface area contributed by atoms with E-state index in [1.807, 2.05) is 59.2 Å². The fraction of sp³-hybridized carbons (Fsp3) is 0.214. The number of carbonyl (C=O) groups is 1. The van der Waals surface area contributed by atoms with Gasteiger partial charge in [0, 0.05) is 24.5 Å². The van der Waals surface area contributed by atoms with Gasteiger partial charge in [-0.3, -0.25) is 9.28 Å². The van der Waals surface area contributed by atoms with Crippen molar-refractivity contribution in [3.63, 3.8) is 0 Å². The number of rotatable bonds is 7. The van der Waals surface area contributed by atoms with Gasteiger partial charge >= 0.3 is 0 Å². The van der Waals surface area contributed by atoms with E-state index in [0.717, 1.165) is 32.3 Å². The molecule has 3 aromatic carbocycles. The molecule has 0 aliphatic carbocycles. The Kier molecular flexibility index (Phi) is 6.40. The predicted molar refractivity (Wildman–Crippen MR) is 136 cm³/mol. The summed E-state index contributed by atoms with van der Waals surface area (Å²) in [7, 11) is 7.99. The molecule has 172 valence electrons. The first-order valence-corrected chi connectivity index (χ1v) is 11.1. The van der Waals surface area contributed by atoms with Crippen molar-refractivity contribution in [1.29, 1.82) is 5.26 Å². The first kappa shape index (κ1) is 23.1. The van der Waals surface area contributed by atoms with E-state index in [4.69, 9.17) is 4.74 Å². The molecule has 6 nitrogen and oxygen atoms in total. The van der Waals surface area contributed by atoms with Crippen LogP contribution in [0.1, 0.15) is 27.2 Å². The molecule has 1 aromatic heterocycles. The van der Waals surface area contributed by atoms with Crippen LogP contribution in [0.2, 0.25) is 0 Å². The van der Waals surface area contributed by atoms with E-state index >= 15 is 0 Å². The van der Waals surface area contributed by atoms with Gasteiger partial charge in [-0.05, 0) is 53.6 Å². The maximum Gasteiger partial charge on any atom is 0.268 e. The molecule has 1 N–H and O–H groups in total. The zero-order chi connectivity index (χ0) is 24.3. The number of nitriles is 1. The van der Waals surface area contributed by atoms with Crippen molar-refractivity contribution in [2.75, 3.05) is 28.3 Å². The van der Waals surface area contributed by atoms with Crippen molar-refractivity contribution in [1.82, 2.24) is 14.4 Å². The van der Waals surface area contributed by atoms with Gasteiger partial charge in [-0.15, -0.1) is 0 Å². The molecule has 0 aliphatic rings. The fourth-order valence-electron chi connectivity index (χ4n) is 3.98. The van der Waals surface area contributed by atoms with Crippen LogP contribution in [-0.2, 0) is 13.1 Å². The Bertz CT molecular complexity index is 1370. The fourth-order valence-corrected chi connectivity index (χ4v) is 3.98. The molecule has 0 radical (unpaired) electrons. The van der Waals surface area contributed by atoms with Crippen LogP contribution < -0.4 is 14.5 Å². The number of hydrogen-bond acceptors (Lipinski definition) is 3. The van der Waals surface area contributed by atoms with E-state index in [2.05, 4.69) is 44.7 Å². The van der Waals surface area contributed by atoms with Crippen molar-refractivity contribution < 1.29 is 9.53 Å². The minimum Gasteiger partial charge on any atom is -0.497 e. The quantitative estimate of drug-likeness (QED) is 0.413. The summed E-state index contributed by atoms with van der Waals surface area (Å²) in [6, 6.07) is 25.6. The molecule has 0 fully saturated rings. The van der Waals surface area contributed by atoms with Gasteiger partial charge in [0.2, 0.25) is 0 Å². The number of methoxy groups -OCH3 is 1. The molecule has 34 heavy (non-hydrogen) atoms. The van der Waals surface area contributed by atoms with E-state index in [9.17, 15) is 10.1 Å². The summed E-state index contributed by atoms with van der Waals surface area (Å²) in [4.78, 5) is 13.3. The van der Waals surface area contributed by atoms with Crippen LogP contribution >= 0.6 is 0 Å². The van der Waals surface area contributed by atoms with Crippen LogP contribution in [0.3, 0.4) is 0 Å². The monoisotopic (exact) mass is 453 g/mol. The lowest BCUT2D eigenvalue weighted by atomic mass is 10.1. The Morgan fingerprint density at radius 3 is 2.44 bits per heavy atom. The molecular weight excluding hydrogens is 424 g/mol. The number of ether oxygens (including phenoxy) is 1. The number of aromatic nitrogens is 1. The van der Waals surface area contributed by atoms with E-state index in [1.165, 1.54) is 5.69 Å². The third-order valence-electron chi connectivity index (χ3n) is 5.90. The highest BCUT2D eigenvalue weighted by Crippen LogP contribution is 2.26.